The van der Waals surface area contributed by atoms with Crippen LogP contribution in [-0.4, -0.2) is 28.6 Å². The first-order chi connectivity index (χ1) is 18.5. The lowest BCUT2D eigenvalue weighted by molar-refractivity contribution is -0.120. The van der Waals surface area contributed by atoms with Crippen LogP contribution in [0.1, 0.15) is 54.6 Å². The van der Waals surface area contributed by atoms with Crippen molar-refractivity contribution in [1.82, 2.24) is 14.9 Å². The number of fused-ring (bicyclic) bond motifs is 1. The molecule has 4 rings (SSSR count). The molecule has 0 atom stereocenters. The van der Waals surface area contributed by atoms with Gasteiger partial charge in [-0.15, -0.1) is 0 Å². The van der Waals surface area contributed by atoms with Crippen molar-refractivity contribution in [1.29, 1.82) is 0 Å². The first kappa shape index (κ1) is 27.7. The maximum Gasteiger partial charge on any atom is 0.224 e. The number of amides is 1. The van der Waals surface area contributed by atoms with E-state index in [1.807, 2.05) is 30.3 Å². The number of aryl methyl sites for hydroxylation is 3. The molecule has 3 aromatic carbocycles. The molecule has 0 aliphatic rings. The number of unbranched alkanes of at least 4 members (excludes halogenated alkanes) is 3. The Bertz CT molecular complexity index is 1330. The van der Waals surface area contributed by atoms with E-state index < -0.39 is 0 Å². The lowest BCUT2D eigenvalue weighted by atomic mass is 10.1. The third-order valence-corrected chi connectivity index (χ3v) is 7.25. The van der Waals surface area contributed by atoms with Crippen molar-refractivity contribution in [3.63, 3.8) is 0 Å². The van der Waals surface area contributed by atoms with Crippen LogP contribution in [0.4, 0.5) is 0 Å². The van der Waals surface area contributed by atoms with Crippen LogP contribution < -0.4 is 10.1 Å². The van der Waals surface area contributed by atoms with Gasteiger partial charge in [-0.3, -0.25) is 4.79 Å². The number of hydrogen-bond donors (Lipinski definition) is 1. The maximum absolute atomic E-state index is 12.2. The van der Waals surface area contributed by atoms with Crippen LogP contribution in [-0.2, 0) is 24.2 Å². The fourth-order valence-corrected chi connectivity index (χ4v) is 4.79. The number of nitrogens with zero attached hydrogens (tertiary/aromatic N) is 2. The quantitative estimate of drug-likeness (QED) is 0.174. The van der Waals surface area contributed by atoms with Crippen LogP contribution in [0.25, 0.3) is 11.0 Å². The standard InChI is InChI=1S/C32H38ClN3O2/c1-24-11-10-14-30(25(24)2)38-22-9-8-21-36-29-13-6-5-12-28(29)35-31(36)15-4-3-7-20-34-32(37)23-26-16-18-27(33)19-17-26/h5-6,10-14,16-19H,3-4,7-9,15,20-23H2,1-2H3,(H,34,37). The van der Waals surface area contributed by atoms with Crippen LogP contribution in [0, 0.1) is 13.8 Å². The predicted octanol–water partition coefficient (Wildman–Crippen LogP) is 7.24. The average molecular weight is 532 g/mol. The van der Waals surface area contributed by atoms with E-state index in [9.17, 15) is 4.79 Å². The fourth-order valence-electron chi connectivity index (χ4n) is 4.66. The monoisotopic (exact) mass is 531 g/mol. The summed E-state index contributed by atoms with van der Waals surface area (Å²) in [5.41, 5.74) is 5.72. The molecular weight excluding hydrogens is 494 g/mol. The largest absolute Gasteiger partial charge is 0.493 e. The molecule has 1 N–H and O–H groups in total. The van der Waals surface area contributed by atoms with E-state index in [1.165, 1.54) is 16.6 Å². The van der Waals surface area contributed by atoms with Gasteiger partial charge in [0.2, 0.25) is 5.91 Å². The van der Waals surface area contributed by atoms with Gasteiger partial charge in [0.1, 0.15) is 11.6 Å². The first-order valence-corrected chi connectivity index (χ1v) is 14.0. The Morgan fingerprint density at radius 2 is 1.74 bits per heavy atom. The molecule has 200 valence electrons. The van der Waals surface area contributed by atoms with E-state index in [0.717, 1.165) is 74.3 Å². The SMILES string of the molecule is Cc1cccc(OCCCCn2c(CCCCCNC(=O)Cc3ccc(Cl)cc3)nc3ccccc32)c1C. The van der Waals surface area contributed by atoms with Crippen molar-refractivity contribution in [3.8, 4) is 5.75 Å². The van der Waals surface area contributed by atoms with Gasteiger partial charge in [-0.1, -0.05) is 54.4 Å². The zero-order chi connectivity index (χ0) is 26.7. The fraction of sp³-hybridized carbons (Fsp3) is 0.375. The molecule has 0 radical (unpaired) electrons. The van der Waals surface area contributed by atoms with Gasteiger partial charge in [0.25, 0.3) is 0 Å². The van der Waals surface area contributed by atoms with Crippen molar-refractivity contribution in [2.45, 2.75) is 65.3 Å². The number of carbonyl (C=O) groups excluding carboxylic acids is 1. The summed E-state index contributed by atoms with van der Waals surface area (Å²) in [4.78, 5) is 17.1. The highest BCUT2D eigenvalue weighted by atomic mass is 35.5. The van der Waals surface area contributed by atoms with Gasteiger partial charge in [0.15, 0.2) is 0 Å². The molecule has 0 spiro atoms. The number of hydrogen-bond acceptors (Lipinski definition) is 3. The molecule has 4 aromatic rings. The lowest BCUT2D eigenvalue weighted by Crippen LogP contribution is -2.26. The van der Waals surface area contributed by atoms with Crippen molar-refractivity contribution < 1.29 is 9.53 Å². The summed E-state index contributed by atoms with van der Waals surface area (Å²) in [6.45, 7) is 6.59. The highest BCUT2D eigenvalue weighted by Gasteiger charge is 2.10. The first-order valence-electron chi connectivity index (χ1n) is 13.7. The van der Waals surface area contributed by atoms with E-state index in [2.05, 4.69) is 60.1 Å². The molecule has 1 aromatic heterocycles. The number of benzene rings is 3. The molecule has 0 bridgehead atoms. The van der Waals surface area contributed by atoms with Crippen LogP contribution in [0.15, 0.2) is 66.7 Å². The second kappa shape index (κ2) is 14.0. The zero-order valence-electron chi connectivity index (χ0n) is 22.5. The van der Waals surface area contributed by atoms with Crippen LogP contribution in [0.3, 0.4) is 0 Å². The number of rotatable bonds is 14. The smallest absolute Gasteiger partial charge is 0.224 e. The minimum Gasteiger partial charge on any atom is -0.493 e. The van der Waals surface area contributed by atoms with Crippen LogP contribution >= 0.6 is 11.6 Å². The summed E-state index contributed by atoms with van der Waals surface area (Å²) < 4.78 is 8.43. The molecule has 38 heavy (non-hydrogen) atoms. The highest BCUT2D eigenvalue weighted by molar-refractivity contribution is 6.30. The van der Waals surface area contributed by atoms with Crippen molar-refractivity contribution in [2.75, 3.05) is 13.2 Å². The number of imidazole rings is 1. The number of ether oxygens (including phenoxy) is 1. The van der Waals surface area contributed by atoms with Gasteiger partial charge < -0.3 is 14.6 Å². The number of carbonyl (C=O) groups is 1. The molecule has 0 fully saturated rings. The zero-order valence-corrected chi connectivity index (χ0v) is 23.3. The van der Waals surface area contributed by atoms with Gasteiger partial charge in [-0.25, -0.2) is 4.98 Å². The van der Waals surface area contributed by atoms with Crippen molar-refractivity contribution >= 4 is 28.5 Å². The normalized spacial score (nSPS) is 11.1. The van der Waals surface area contributed by atoms with E-state index >= 15 is 0 Å². The van der Waals surface area contributed by atoms with Gasteiger partial charge in [-0.05, 0) is 86.6 Å². The number of para-hydroxylation sites is 2. The number of aromatic nitrogens is 2. The molecule has 0 saturated carbocycles. The third-order valence-electron chi connectivity index (χ3n) is 7.00. The summed E-state index contributed by atoms with van der Waals surface area (Å²) >= 11 is 5.91. The van der Waals surface area contributed by atoms with E-state index in [4.69, 9.17) is 21.3 Å². The second-order valence-electron chi connectivity index (χ2n) is 9.89. The minimum atomic E-state index is 0.0515. The summed E-state index contributed by atoms with van der Waals surface area (Å²) in [5.74, 6) is 2.18. The van der Waals surface area contributed by atoms with E-state index in [1.54, 1.807) is 0 Å². The maximum atomic E-state index is 12.2. The Morgan fingerprint density at radius 1 is 0.921 bits per heavy atom. The van der Waals surface area contributed by atoms with Crippen molar-refractivity contribution in [3.05, 3.63) is 94.3 Å². The predicted molar refractivity (Wildman–Crippen MR) is 156 cm³/mol. The minimum absolute atomic E-state index is 0.0515. The van der Waals surface area contributed by atoms with Crippen molar-refractivity contribution in [2.24, 2.45) is 0 Å². The van der Waals surface area contributed by atoms with Gasteiger partial charge >= 0.3 is 0 Å². The Morgan fingerprint density at radius 3 is 2.58 bits per heavy atom. The Hall–Kier alpha value is -3.31. The molecule has 0 saturated heterocycles. The summed E-state index contributed by atoms with van der Waals surface area (Å²) in [6.07, 6.45) is 6.42. The number of nitrogens with one attached hydrogen (secondary N) is 1. The van der Waals surface area contributed by atoms with E-state index in [-0.39, 0.29) is 5.91 Å². The average Bonchev–Trinajstić information content (AvgIpc) is 3.27. The lowest BCUT2D eigenvalue weighted by Gasteiger charge is -2.12. The molecule has 6 heteroatoms. The summed E-state index contributed by atoms with van der Waals surface area (Å²) in [7, 11) is 0. The molecular formula is C32H38ClN3O2. The Balaban J connectivity index is 1.20. The molecule has 0 unspecified atom stereocenters. The molecule has 5 nitrogen and oxygen atoms in total. The molecule has 1 amide bonds. The van der Waals surface area contributed by atoms with Crippen LogP contribution in [0.5, 0.6) is 5.75 Å². The van der Waals surface area contributed by atoms with Gasteiger partial charge in [-0.2, -0.15) is 0 Å². The van der Waals surface area contributed by atoms with Crippen LogP contribution in [0.2, 0.25) is 5.02 Å². The Labute approximate surface area is 231 Å². The molecule has 0 aliphatic heterocycles. The summed E-state index contributed by atoms with van der Waals surface area (Å²) in [6, 6.07) is 22.0. The summed E-state index contributed by atoms with van der Waals surface area (Å²) in [5, 5.41) is 3.72. The third kappa shape index (κ3) is 7.84. The molecule has 1 heterocycles. The second-order valence-corrected chi connectivity index (χ2v) is 10.3. The van der Waals surface area contributed by atoms with Gasteiger partial charge in [0.05, 0.1) is 24.1 Å². The Kier molecular flexibility index (Phi) is 10.2. The van der Waals surface area contributed by atoms with E-state index in [0.29, 0.717) is 18.0 Å². The topological polar surface area (TPSA) is 56.1 Å². The number of halogens is 1. The van der Waals surface area contributed by atoms with Gasteiger partial charge in [0, 0.05) is 24.5 Å². The highest BCUT2D eigenvalue weighted by Crippen LogP contribution is 2.22. The molecule has 0 aliphatic carbocycles.